The number of halogens is 7. The zero-order valence-corrected chi connectivity index (χ0v) is 20.3. The van der Waals surface area contributed by atoms with Crippen LogP contribution in [0.1, 0.15) is 17.0 Å². The molecule has 0 spiro atoms. The van der Waals surface area contributed by atoms with Crippen molar-refractivity contribution in [2.45, 2.75) is 9.71 Å². The fraction of sp³-hybridized carbons (Fsp3) is 0.222. The van der Waals surface area contributed by atoms with E-state index in [-0.39, 0.29) is 42.7 Å². The van der Waals surface area contributed by atoms with Gasteiger partial charge in [-0.1, -0.05) is 81.2 Å². The van der Waals surface area contributed by atoms with Gasteiger partial charge in [0, 0.05) is 0 Å². The average molecular weight is 571 g/mol. The Morgan fingerprint density at radius 3 is 1.42 bits per heavy atom. The number of benzene rings is 2. The monoisotopic (exact) mass is 568 g/mol. The summed E-state index contributed by atoms with van der Waals surface area (Å²) in [6, 6.07) is 5.54. The quantitative estimate of drug-likeness (QED) is 0.342. The molecule has 13 heteroatoms. The third kappa shape index (κ3) is 6.99. The molecule has 0 unspecified atom stereocenters. The van der Waals surface area contributed by atoms with Gasteiger partial charge in [-0.15, -0.1) is 0 Å². The number of carbonyl (C=O) groups is 2. The molecule has 0 amide bonds. The third-order valence-corrected chi connectivity index (χ3v) is 5.95. The summed E-state index contributed by atoms with van der Waals surface area (Å²) in [7, 11) is 0. The van der Waals surface area contributed by atoms with Crippen LogP contribution in [0.4, 0.5) is 0 Å². The smallest absolute Gasteiger partial charge is 0.341 e. The largest absolute Gasteiger partial charge is 0.480 e. The Morgan fingerprint density at radius 2 is 1.13 bits per heavy atom. The predicted octanol–water partition coefficient (Wildman–Crippen LogP) is 6.73. The lowest BCUT2D eigenvalue weighted by Gasteiger charge is -2.27. The molecule has 0 aromatic heterocycles. The van der Waals surface area contributed by atoms with E-state index in [0.29, 0.717) is 0 Å². The SMILES string of the molecule is O=C(O)COc1cc(C(c2cc(Cl)c(Cl)c(OCC(=O)O)c2)C(Cl)(Cl)Cl)cc(Cl)c1Cl. The molecule has 0 saturated heterocycles. The molecule has 2 N–H and O–H groups in total. The second-order valence-electron chi connectivity index (χ2n) is 5.97. The predicted molar refractivity (Wildman–Crippen MR) is 121 cm³/mol. The molecular weight excluding hydrogens is 560 g/mol. The first-order chi connectivity index (χ1) is 14.3. The molecule has 0 fully saturated rings. The van der Waals surface area contributed by atoms with Crippen LogP contribution in [0.5, 0.6) is 11.5 Å². The van der Waals surface area contributed by atoms with Crippen molar-refractivity contribution in [2.75, 3.05) is 13.2 Å². The number of aliphatic carboxylic acids is 2. The zero-order valence-electron chi connectivity index (χ0n) is 15.0. The Morgan fingerprint density at radius 1 is 0.774 bits per heavy atom. The molecule has 2 aromatic rings. The number of hydrogen-bond donors (Lipinski definition) is 2. The maximum absolute atomic E-state index is 10.8. The highest BCUT2D eigenvalue weighted by atomic mass is 35.6. The van der Waals surface area contributed by atoms with Gasteiger partial charge in [-0.3, -0.25) is 0 Å². The number of rotatable bonds is 8. The van der Waals surface area contributed by atoms with Crippen LogP contribution in [0.25, 0.3) is 0 Å². The first kappa shape index (κ1) is 26.3. The fourth-order valence-corrected chi connectivity index (χ4v) is 4.08. The first-order valence-electron chi connectivity index (χ1n) is 8.05. The maximum Gasteiger partial charge on any atom is 0.341 e. The van der Waals surface area contributed by atoms with Gasteiger partial charge in [0.05, 0.1) is 16.0 Å². The van der Waals surface area contributed by atoms with Gasteiger partial charge in [-0.05, 0) is 35.4 Å². The maximum atomic E-state index is 10.8. The molecule has 0 saturated carbocycles. The van der Waals surface area contributed by atoms with E-state index in [1.807, 2.05) is 0 Å². The molecule has 31 heavy (non-hydrogen) atoms. The molecule has 0 bridgehead atoms. The Hall–Kier alpha value is -0.990. The normalized spacial score (nSPS) is 11.5. The van der Waals surface area contributed by atoms with Gasteiger partial charge >= 0.3 is 11.9 Å². The fourth-order valence-electron chi connectivity index (χ4n) is 2.56. The van der Waals surface area contributed by atoms with E-state index in [4.69, 9.17) is 101 Å². The van der Waals surface area contributed by atoms with Crippen molar-refractivity contribution in [1.29, 1.82) is 0 Å². The van der Waals surface area contributed by atoms with Crippen molar-refractivity contribution in [2.24, 2.45) is 0 Å². The molecule has 0 aliphatic carbocycles. The van der Waals surface area contributed by atoms with Crippen LogP contribution in [0.2, 0.25) is 20.1 Å². The molecule has 0 aliphatic heterocycles. The number of ether oxygens (including phenoxy) is 2. The number of carboxylic acid groups (broad SMARTS) is 2. The summed E-state index contributed by atoms with van der Waals surface area (Å²) in [5.74, 6) is -3.61. The van der Waals surface area contributed by atoms with Crippen molar-refractivity contribution in [3.05, 3.63) is 55.5 Å². The van der Waals surface area contributed by atoms with E-state index < -0.39 is 34.9 Å². The minimum absolute atomic E-state index is 0.0150. The van der Waals surface area contributed by atoms with Crippen molar-refractivity contribution in [3.8, 4) is 11.5 Å². The average Bonchev–Trinajstić information content (AvgIpc) is 2.63. The van der Waals surface area contributed by atoms with Gasteiger partial charge in [-0.2, -0.15) is 0 Å². The van der Waals surface area contributed by atoms with Gasteiger partial charge in [-0.25, -0.2) is 9.59 Å². The minimum atomic E-state index is -1.97. The van der Waals surface area contributed by atoms with E-state index >= 15 is 0 Å². The van der Waals surface area contributed by atoms with Crippen molar-refractivity contribution in [1.82, 2.24) is 0 Å². The van der Waals surface area contributed by atoms with Gasteiger partial charge in [0.15, 0.2) is 13.2 Å². The van der Waals surface area contributed by atoms with Crippen LogP contribution in [-0.2, 0) is 9.59 Å². The second-order valence-corrected chi connectivity index (χ2v) is 9.91. The summed E-state index contributed by atoms with van der Waals surface area (Å²) in [6.45, 7) is -1.37. The summed E-state index contributed by atoms with van der Waals surface area (Å²) < 4.78 is 8.37. The molecule has 6 nitrogen and oxygen atoms in total. The lowest BCUT2D eigenvalue weighted by Crippen LogP contribution is -2.19. The Bertz CT molecular complexity index is 932. The summed E-state index contributed by atoms with van der Waals surface area (Å²) >= 11 is 43.2. The molecule has 0 aliphatic rings. The molecule has 0 atom stereocenters. The highest BCUT2D eigenvalue weighted by molar-refractivity contribution is 6.68. The highest BCUT2D eigenvalue weighted by Crippen LogP contribution is 2.50. The van der Waals surface area contributed by atoms with Gasteiger partial charge in [0.2, 0.25) is 3.79 Å². The molecule has 2 rings (SSSR count). The van der Waals surface area contributed by atoms with Crippen molar-refractivity contribution in [3.63, 3.8) is 0 Å². The van der Waals surface area contributed by atoms with Gasteiger partial charge in [0.1, 0.15) is 21.5 Å². The van der Waals surface area contributed by atoms with Crippen molar-refractivity contribution >= 4 is 93.1 Å². The lowest BCUT2D eigenvalue weighted by atomic mass is 9.92. The number of hydrogen-bond acceptors (Lipinski definition) is 4. The number of carboxylic acids is 2. The standard InChI is InChI=1S/C18H11Cl7O6/c19-9-1-7(3-11(16(9)21)30-5-13(26)27)15(18(23,24)25)8-2-10(20)17(22)12(4-8)31-6-14(28)29/h1-4,15H,5-6H2,(H,26,27)(H,28,29). The Labute approximate surface area is 211 Å². The van der Waals surface area contributed by atoms with E-state index in [9.17, 15) is 9.59 Å². The van der Waals surface area contributed by atoms with Crippen LogP contribution in [-0.4, -0.2) is 39.2 Å². The Kier molecular flexibility index (Phi) is 9.11. The van der Waals surface area contributed by atoms with Crippen LogP contribution in [0, 0.1) is 0 Å². The molecule has 168 valence electrons. The molecule has 0 radical (unpaired) electrons. The topological polar surface area (TPSA) is 93.1 Å². The highest BCUT2D eigenvalue weighted by Gasteiger charge is 2.37. The third-order valence-electron chi connectivity index (χ3n) is 3.73. The van der Waals surface area contributed by atoms with Crippen LogP contribution >= 0.6 is 81.2 Å². The van der Waals surface area contributed by atoms with Crippen LogP contribution < -0.4 is 9.47 Å². The van der Waals surface area contributed by atoms with Crippen LogP contribution in [0.3, 0.4) is 0 Å². The second kappa shape index (κ2) is 10.8. The molecule has 0 heterocycles. The van der Waals surface area contributed by atoms with Crippen molar-refractivity contribution < 1.29 is 29.3 Å². The van der Waals surface area contributed by atoms with Gasteiger partial charge < -0.3 is 19.7 Å². The van der Waals surface area contributed by atoms with Gasteiger partial charge in [0.25, 0.3) is 0 Å². The Balaban J connectivity index is 2.62. The summed E-state index contributed by atoms with van der Waals surface area (Å²) in [6.07, 6.45) is 0. The summed E-state index contributed by atoms with van der Waals surface area (Å²) in [4.78, 5) is 21.7. The molecular formula is C18H11Cl7O6. The molecule has 2 aromatic carbocycles. The first-order valence-corrected chi connectivity index (χ1v) is 10.7. The zero-order chi connectivity index (χ0) is 23.5. The van der Waals surface area contributed by atoms with E-state index in [1.165, 1.54) is 24.3 Å². The lowest BCUT2D eigenvalue weighted by molar-refractivity contribution is -0.140. The van der Waals surface area contributed by atoms with E-state index in [1.54, 1.807) is 0 Å². The van der Waals surface area contributed by atoms with E-state index in [0.717, 1.165) is 0 Å². The summed E-state index contributed by atoms with van der Waals surface area (Å²) in [5.41, 5.74) is 0.578. The van der Waals surface area contributed by atoms with E-state index in [2.05, 4.69) is 0 Å². The summed E-state index contributed by atoms with van der Waals surface area (Å²) in [5, 5.41) is 17.7. The number of alkyl halides is 3. The van der Waals surface area contributed by atoms with Crippen LogP contribution in [0.15, 0.2) is 24.3 Å². The minimum Gasteiger partial charge on any atom is -0.480 e.